The number of benzene rings is 1. The summed E-state index contributed by atoms with van der Waals surface area (Å²) < 4.78 is 1.71. The molecule has 0 aliphatic carbocycles. The number of nitrogens with zero attached hydrogens (tertiary/aromatic N) is 3. The smallest absolute Gasteiger partial charge is 0.326 e. The number of hydrogen-bond acceptors (Lipinski definition) is 9. The molecule has 1 aromatic carbocycles. The maximum atomic E-state index is 13.1. The number of hydrogen-bond donors (Lipinski definition) is 7. The Bertz CT molecular complexity index is 1440. The Morgan fingerprint density at radius 2 is 1.39 bits per heavy atom. The Hall–Kier alpha value is -4.86. The van der Waals surface area contributed by atoms with Crippen LogP contribution in [0.1, 0.15) is 95.9 Å². The number of rotatable bonds is 24. The van der Waals surface area contributed by atoms with Crippen molar-refractivity contribution in [2.45, 2.75) is 136 Å². The first-order chi connectivity index (χ1) is 24.1. The van der Waals surface area contributed by atoms with Crippen LogP contribution in [0.25, 0.3) is 0 Å². The van der Waals surface area contributed by atoms with Crippen molar-refractivity contribution in [1.29, 1.82) is 0 Å². The summed E-state index contributed by atoms with van der Waals surface area (Å²) in [6.45, 7) is 10.7. The largest absolute Gasteiger partial charge is 0.481 e. The van der Waals surface area contributed by atoms with Crippen molar-refractivity contribution in [3.63, 3.8) is 0 Å². The molecule has 7 N–H and O–H groups in total. The molecule has 0 spiro atoms. The van der Waals surface area contributed by atoms with Gasteiger partial charge in [0, 0.05) is 44.2 Å². The predicted molar refractivity (Wildman–Crippen MR) is 188 cm³/mol. The van der Waals surface area contributed by atoms with Crippen LogP contribution < -0.4 is 26.6 Å². The summed E-state index contributed by atoms with van der Waals surface area (Å²) in [6, 6.07) is 3.93. The summed E-state index contributed by atoms with van der Waals surface area (Å²) >= 11 is 0. The quantitative estimate of drug-likeness (QED) is 0.0772. The van der Waals surface area contributed by atoms with Crippen molar-refractivity contribution in [2.24, 2.45) is 0 Å². The van der Waals surface area contributed by atoms with Gasteiger partial charge in [-0.3, -0.25) is 28.7 Å². The molecule has 0 radical (unpaired) electrons. The number of carboxylic acids is 2. The molecule has 0 saturated heterocycles. The van der Waals surface area contributed by atoms with Gasteiger partial charge in [0.25, 0.3) is 0 Å². The average molecular weight is 715 g/mol. The molecule has 16 heteroatoms. The highest BCUT2D eigenvalue weighted by atomic mass is 16.4. The summed E-state index contributed by atoms with van der Waals surface area (Å²) in [4.78, 5) is 75.1. The molecule has 1 aromatic heterocycles. The Balaban J connectivity index is 1.97. The van der Waals surface area contributed by atoms with Gasteiger partial charge in [-0.1, -0.05) is 48.9 Å². The lowest BCUT2D eigenvalue weighted by Gasteiger charge is -2.23. The second kappa shape index (κ2) is 22.1. The van der Waals surface area contributed by atoms with Gasteiger partial charge in [0.15, 0.2) is 0 Å². The summed E-state index contributed by atoms with van der Waals surface area (Å²) in [6.07, 6.45) is 2.97. The van der Waals surface area contributed by atoms with Gasteiger partial charge in [-0.25, -0.2) is 4.79 Å². The summed E-state index contributed by atoms with van der Waals surface area (Å²) in [5.74, 6) is -5.37. The molecular formula is C35H54N8O8. The van der Waals surface area contributed by atoms with E-state index in [-0.39, 0.29) is 25.3 Å². The van der Waals surface area contributed by atoms with E-state index in [9.17, 15) is 39.0 Å². The SMILES string of the molecule is Cc1ccc(CCCC(=O)NC(CCC(=O)O)C(=O)NC(CC(=O)NC(CCCCn2cc(CNC(C)C)nn2)C(=O)NC(C)C)C(=O)O)cc1. The molecule has 2 aromatic rings. The molecule has 0 saturated carbocycles. The molecule has 4 amide bonds. The Kier molecular flexibility index (Phi) is 18.3. The van der Waals surface area contributed by atoms with Crippen LogP contribution in [0.2, 0.25) is 0 Å². The maximum absolute atomic E-state index is 13.1. The number of unbranched alkanes of at least 4 members (excludes halogenated alkanes) is 1. The molecule has 0 aliphatic heterocycles. The molecule has 3 atom stereocenters. The van der Waals surface area contributed by atoms with Gasteiger partial charge in [0.2, 0.25) is 23.6 Å². The molecule has 0 aliphatic rings. The van der Waals surface area contributed by atoms with Crippen LogP contribution in [0, 0.1) is 6.92 Å². The fourth-order valence-corrected chi connectivity index (χ4v) is 5.04. The van der Waals surface area contributed by atoms with Crippen molar-refractivity contribution >= 4 is 35.6 Å². The van der Waals surface area contributed by atoms with Gasteiger partial charge in [0.1, 0.15) is 18.1 Å². The number of amides is 4. The van der Waals surface area contributed by atoms with E-state index in [1.807, 2.05) is 51.2 Å². The second-order valence-electron chi connectivity index (χ2n) is 13.3. The molecule has 2 rings (SSSR count). The van der Waals surface area contributed by atoms with Gasteiger partial charge in [0.05, 0.1) is 12.1 Å². The van der Waals surface area contributed by atoms with Crippen LogP contribution in [-0.4, -0.2) is 91.0 Å². The lowest BCUT2D eigenvalue weighted by molar-refractivity contribution is -0.144. The third kappa shape index (κ3) is 17.6. The number of aromatic nitrogens is 3. The number of carboxylic acid groups (broad SMARTS) is 2. The van der Waals surface area contributed by atoms with Crippen molar-refractivity contribution in [2.75, 3.05) is 0 Å². The number of nitrogens with one attached hydrogen (secondary N) is 5. The minimum Gasteiger partial charge on any atom is -0.481 e. The highest BCUT2D eigenvalue weighted by Gasteiger charge is 2.30. The highest BCUT2D eigenvalue weighted by molar-refractivity contribution is 5.94. The fraction of sp³-hybridized carbons (Fsp3) is 0.600. The minimum absolute atomic E-state index is 0.0605. The second-order valence-corrected chi connectivity index (χ2v) is 13.3. The topological polar surface area (TPSA) is 234 Å². The summed E-state index contributed by atoms with van der Waals surface area (Å²) in [5, 5.41) is 40.7. The highest BCUT2D eigenvalue weighted by Crippen LogP contribution is 2.09. The van der Waals surface area contributed by atoms with Crippen molar-refractivity contribution in [3.8, 4) is 0 Å². The van der Waals surface area contributed by atoms with Gasteiger partial charge in [-0.05, 0) is 64.9 Å². The first-order valence-electron chi connectivity index (χ1n) is 17.4. The number of carbonyl (C=O) groups excluding carboxylic acids is 4. The standard InChI is InChI=1S/C35H54N8O8/c1-22(2)36-20-26-21-43(42-41-26)18-7-6-10-27(33(48)37-23(3)4)39-31(45)19-29(35(50)51)40-34(49)28(16-17-32(46)47)38-30(44)11-8-9-25-14-12-24(5)13-15-25/h12-15,21-23,27-29,36H,6-11,16-20H2,1-5H3,(H,37,48)(H,38,44)(H,39,45)(H,40,49)(H,46,47)(H,50,51). The number of carbonyl (C=O) groups is 6. The van der Waals surface area contributed by atoms with Gasteiger partial charge in [-0.15, -0.1) is 5.10 Å². The molecule has 3 unspecified atom stereocenters. The first-order valence-corrected chi connectivity index (χ1v) is 17.4. The third-order valence-electron chi connectivity index (χ3n) is 7.78. The van der Waals surface area contributed by atoms with Gasteiger partial charge in [-0.2, -0.15) is 0 Å². The van der Waals surface area contributed by atoms with Gasteiger partial charge >= 0.3 is 11.9 Å². The monoisotopic (exact) mass is 714 g/mol. The van der Waals surface area contributed by atoms with E-state index in [0.29, 0.717) is 44.8 Å². The lowest BCUT2D eigenvalue weighted by atomic mass is 10.1. The van der Waals surface area contributed by atoms with Crippen LogP contribution in [0.3, 0.4) is 0 Å². The zero-order valence-electron chi connectivity index (χ0n) is 30.2. The molecule has 16 nitrogen and oxygen atoms in total. The van der Waals surface area contributed by atoms with E-state index in [0.717, 1.165) is 16.8 Å². The first kappa shape index (κ1) is 42.3. The van der Waals surface area contributed by atoms with Crippen molar-refractivity contribution in [3.05, 3.63) is 47.3 Å². The summed E-state index contributed by atoms with van der Waals surface area (Å²) in [5.41, 5.74) is 2.95. The molecule has 0 bridgehead atoms. The van der Waals surface area contributed by atoms with E-state index >= 15 is 0 Å². The van der Waals surface area contributed by atoms with Crippen molar-refractivity contribution in [1.82, 2.24) is 41.6 Å². The molecule has 1 heterocycles. The van der Waals surface area contributed by atoms with E-state index in [1.165, 1.54) is 0 Å². The van der Waals surface area contributed by atoms with E-state index < -0.39 is 66.5 Å². The zero-order chi connectivity index (χ0) is 37.9. The molecule has 0 fully saturated rings. The maximum Gasteiger partial charge on any atom is 0.326 e. The summed E-state index contributed by atoms with van der Waals surface area (Å²) in [7, 11) is 0. The predicted octanol–water partition coefficient (Wildman–Crippen LogP) is 1.60. The fourth-order valence-electron chi connectivity index (χ4n) is 5.04. The lowest BCUT2D eigenvalue weighted by Crippen LogP contribution is -2.54. The van der Waals surface area contributed by atoms with Crippen molar-refractivity contribution < 1.29 is 39.0 Å². The average Bonchev–Trinajstić information content (AvgIpc) is 3.51. The third-order valence-corrected chi connectivity index (χ3v) is 7.78. The van der Waals surface area contributed by atoms with Crippen LogP contribution in [0.4, 0.5) is 0 Å². The van der Waals surface area contributed by atoms with Crippen LogP contribution in [-0.2, 0) is 48.3 Å². The Morgan fingerprint density at radius 3 is 2.02 bits per heavy atom. The minimum atomic E-state index is -1.70. The van der Waals surface area contributed by atoms with Crippen LogP contribution >= 0.6 is 0 Å². The number of aliphatic carboxylic acids is 2. The number of aryl methyl sites for hydroxylation is 3. The Labute approximate surface area is 298 Å². The zero-order valence-corrected chi connectivity index (χ0v) is 30.2. The van der Waals surface area contributed by atoms with E-state index in [1.54, 1.807) is 18.5 Å². The van der Waals surface area contributed by atoms with Crippen LogP contribution in [0.15, 0.2) is 30.5 Å². The molecule has 282 valence electrons. The normalized spacial score (nSPS) is 12.9. The van der Waals surface area contributed by atoms with E-state index in [2.05, 4.69) is 36.9 Å². The van der Waals surface area contributed by atoms with Crippen LogP contribution in [0.5, 0.6) is 0 Å². The van der Waals surface area contributed by atoms with Gasteiger partial charge < -0.3 is 36.8 Å². The molecular weight excluding hydrogens is 660 g/mol. The van der Waals surface area contributed by atoms with E-state index in [4.69, 9.17) is 0 Å². The Morgan fingerprint density at radius 1 is 0.745 bits per heavy atom. The molecule has 51 heavy (non-hydrogen) atoms.